The van der Waals surface area contributed by atoms with Crippen LogP contribution in [0.4, 0.5) is 11.5 Å². The van der Waals surface area contributed by atoms with Crippen LogP contribution in [0.5, 0.6) is 5.88 Å². The normalized spacial score (nSPS) is 17.9. The fourth-order valence-electron chi connectivity index (χ4n) is 5.78. The van der Waals surface area contributed by atoms with Crippen LogP contribution in [-0.4, -0.2) is 73.7 Å². The number of rotatable bonds is 10. The maximum atomic E-state index is 12.6. The average Bonchev–Trinajstić information content (AvgIpc) is 2.96. The quantitative estimate of drug-likeness (QED) is 0.274. The van der Waals surface area contributed by atoms with Crippen LogP contribution >= 0.6 is 0 Å². The maximum Gasteiger partial charge on any atom is 0.326 e. The van der Waals surface area contributed by atoms with E-state index in [2.05, 4.69) is 57.2 Å². The topological polar surface area (TPSA) is 75.2 Å². The number of pyridine rings is 1. The molecule has 0 N–H and O–H groups in total. The molecule has 3 aliphatic rings. The van der Waals surface area contributed by atoms with E-state index in [4.69, 9.17) is 9.47 Å². The van der Waals surface area contributed by atoms with Crippen molar-refractivity contribution in [3.8, 4) is 5.88 Å². The van der Waals surface area contributed by atoms with Crippen molar-refractivity contribution >= 4 is 34.2 Å². The maximum absolute atomic E-state index is 12.6. The molecule has 6 rings (SSSR count). The van der Waals surface area contributed by atoms with Crippen LogP contribution in [0.1, 0.15) is 44.1 Å². The number of anilines is 2. The Morgan fingerprint density at radius 1 is 0.925 bits per heavy atom. The zero-order valence-electron chi connectivity index (χ0n) is 23.1. The summed E-state index contributed by atoms with van der Waals surface area (Å²) in [6, 6.07) is 19.0. The van der Waals surface area contributed by atoms with Crippen molar-refractivity contribution in [2.75, 3.05) is 55.7 Å². The highest BCUT2D eigenvalue weighted by molar-refractivity contribution is 5.99. The number of carbonyl (C=O) groups excluding carboxylic acids is 2. The van der Waals surface area contributed by atoms with Gasteiger partial charge >= 0.3 is 5.97 Å². The second kappa shape index (κ2) is 12.3. The number of aromatic nitrogens is 1. The Morgan fingerprint density at radius 2 is 1.75 bits per heavy atom. The molecule has 0 unspecified atom stereocenters. The highest BCUT2D eigenvalue weighted by Gasteiger charge is 2.30. The molecule has 0 atom stereocenters. The van der Waals surface area contributed by atoms with Gasteiger partial charge in [0.05, 0.1) is 6.61 Å². The van der Waals surface area contributed by atoms with Gasteiger partial charge in [0.1, 0.15) is 18.5 Å². The lowest BCUT2D eigenvalue weighted by Gasteiger charge is -2.36. The Bertz CT molecular complexity index is 1340. The van der Waals surface area contributed by atoms with Crippen LogP contribution in [0, 0.1) is 0 Å². The van der Waals surface area contributed by atoms with Gasteiger partial charge in [0, 0.05) is 49.7 Å². The third-order valence-electron chi connectivity index (χ3n) is 8.33. The van der Waals surface area contributed by atoms with Gasteiger partial charge in [-0.25, -0.2) is 0 Å². The predicted octanol–water partition coefficient (Wildman–Crippen LogP) is 4.59. The second-order valence-corrected chi connectivity index (χ2v) is 11.0. The predicted molar refractivity (Wildman–Crippen MR) is 156 cm³/mol. The smallest absolute Gasteiger partial charge is 0.326 e. The van der Waals surface area contributed by atoms with Gasteiger partial charge in [0.15, 0.2) is 0 Å². The zero-order chi connectivity index (χ0) is 27.3. The summed E-state index contributed by atoms with van der Waals surface area (Å²) in [5.74, 6) is 0.568. The summed E-state index contributed by atoms with van der Waals surface area (Å²) in [4.78, 5) is 36.1. The lowest BCUT2D eigenvalue weighted by atomic mass is 9.96. The van der Waals surface area contributed by atoms with Gasteiger partial charge in [-0.05, 0) is 68.2 Å². The minimum atomic E-state index is -0.364. The summed E-state index contributed by atoms with van der Waals surface area (Å²) < 4.78 is 11.4. The summed E-state index contributed by atoms with van der Waals surface area (Å²) in [7, 11) is 0. The summed E-state index contributed by atoms with van der Waals surface area (Å²) >= 11 is 0. The van der Waals surface area contributed by atoms with E-state index in [1.54, 1.807) is 0 Å². The van der Waals surface area contributed by atoms with E-state index in [1.165, 1.54) is 21.4 Å². The molecular weight excluding hydrogens is 504 g/mol. The van der Waals surface area contributed by atoms with Crippen LogP contribution in [0.3, 0.4) is 0 Å². The molecule has 1 saturated carbocycles. The van der Waals surface area contributed by atoms with Crippen molar-refractivity contribution < 1.29 is 19.1 Å². The number of piperazine rings is 1. The SMILES string of the molecule is O=C(CN1C(=O)CCc2ccc(OCCCCN3CCN(c4cccc5ccccc45)CC3)nc21)OC1CCC1. The minimum absolute atomic E-state index is 0.00238. The zero-order valence-corrected chi connectivity index (χ0v) is 23.1. The second-order valence-electron chi connectivity index (χ2n) is 11.0. The number of ether oxygens (including phenoxy) is 2. The Balaban J connectivity index is 0.949. The van der Waals surface area contributed by atoms with Crippen molar-refractivity contribution in [1.29, 1.82) is 0 Å². The molecule has 2 aliphatic heterocycles. The first-order chi connectivity index (χ1) is 19.6. The average molecular weight is 543 g/mol. The molecule has 210 valence electrons. The Labute approximate surface area is 235 Å². The highest BCUT2D eigenvalue weighted by atomic mass is 16.5. The number of aryl methyl sites for hydroxylation is 1. The Hall–Kier alpha value is -3.65. The summed E-state index contributed by atoms with van der Waals surface area (Å²) in [5, 5.41) is 2.62. The molecule has 8 nitrogen and oxygen atoms in total. The van der Waals surface area contributed by atoms with Crippen LogP contribution < -0.4 is 14.5 Å². The van der Waals surface area contributed by atoms with Crippen LogP contribution in [0.15, 0.2) is 54.6 Å². The Morgan fingerprint density at radius 3 is 2.58 bits per heavy atom. The fraction of sp³-hybridized carbons (Fsp3) is 0.469. The minimum Gasteiger partial charge on any atom is -0.478 e. The van der Waals surface area contributed by atoms with Crippen molar-refractivity contribution in [1.82, 2.24) is 9.88 Å². The largest absolute Gasteiger partial charge is 0.478 e. The van der Waals surface area contributed by atoms with Crippen LogP contribution in [-0.2, 0) is 20.7 Å². The number of amides is 1. The number of esters is 1. The van der Waals surface area contributed by atoms with Gasteiger partial charge in [-0.1, -0.05) is 36.4 Å². The Kier molecular flexibility index (Phi) is 8.14. The lowest BCUT2D eigenvalue weighted by molar-refractivity contribution is -0.151. The monoisotopic (exact) mass is 542 g/mol. The molecule has 2 aromatic carbocycles. The number of benzene rings is 2. The molecule has 40 heavy (non-hydrogen) atoms. The number of carbonyl (C=O) groups is 2. The number of nitrogens with zero attached hydrogens (tertiary/aromatic N) is 4. The molecule has 1 aromatic heterocycles. The molecule has 1 aliphatic carbocycles. The van der Waals surface area contributed by atoms with E-state index in [9.17, 15) is 9.59 Å². The van der Waals surface area contributed by atoms with Gasteiger partial charge in [-0.2, -0.15) is 4.98 Å². The molecule has 2 fully saturated rings. The number of unbranched alkanes of at least 4 members (excludes halogenated alkanes) is 1. The molecule has 0 spiro atoms. The first kappa shape index (κ1) is 26.6. The van der Waals surface area contributed by atoms with Crippen LogP contribution in [0.25, 0.3) is 10.8 Å². The molecular formula is C32H38N4O4. The third kappa shape index (κ3) is 6.07. The highest BCUT2D eigenvalue weighted by Crippen LogP contribution is 2.30. The summed E-state index contributed by atoms with van der Waals surface area (Å²) in [6.07, 6.45) is 5.90. The molecule has 3 heterocycles. The van der Waals surface area contributed by atoms with Gasteiger partial charge < -0.3 is 14.4 Å². The van der Waals surface area contributed by atoms with Gasteiger partial charge in [0.2, 0.25) is 11.8 Å². The molecule has 0 bridgehead atoms. The standard InChI is InChI=1S/C32H38N4O4/c37-30-16-14-25-13-15-29(33-32(25)36(30)23-31(38)40-26-9-6-10-26)39-22-4-3-17-34-18-20-35(21-19-34)28-12-5-8-24-7-1-2-11-27(24)28/h1-2,5,7-8,11-13,15,26H,3-4,6,9-10,14,16-23H2. The molecule has 8 heteroatoms. The molecule has 0 radical (unpaired) electrons. The van der Waals surface area contributed by atoms with Gasteiger partial charge in [0.25, 0.3) is 0 Å². The van der Waals surface area contributed by atoms with Crippen molar-refractivity contribution in [3.05, 3.63) is 60.2 Å². The molecule has 1 amide bonds. The van der Waals surface area contributed by atoms with Crippen molar-refractivity contribution in [2.24, 2.45) is 0 Å². The lowest BCUT2D eigenvalue weighted by Crippen LogP contribution is -2.46. The van der Waals surface area contributed by atoms with E-state index < -0.39 is 0 Å². The van der Waals surface area contributed by atoms with E-state index in [0.29, 0.717) is 31.1 Å². The van der Waals surface area contributed by atoms with Gasteiger partial charge in [-0.3, -0.25) is 19.4 Å². The first-order valence-electron chi connectivity index (χ1n) is 14.7. The van der Waals surface area contributed by atoms with Gasteiger partial charge in [-0.15, -0.1) is 0 Å². The first-order valence-corrected chi connectivity index (χ1v) is 14.7. The number of fused-ring (bicyclic) bond motifs is 2. The summed E-state index contributed by atoms with van der Waals surface area (Å²) in [6.45, 7) is 5.72. The van der Waals surface area contributed by atoms with Crippen LogP contribution in [0.2, 0.25) is 0 Å². The molecule has 3 aromatic rings. The van der Waals surface area contributed by atoms with E-state index in [0.717, 1.165) is 70.4 Å². The number of hydrogen-bond acceptors (Lipinski definition) is 7. The van der Waals surface area contributed by atoms with Crippen molar-refractivity contribution in [3.63, 3.8) is 0 Å². The fourth-order valence-corrected chi connectivity index (χ4v) is 5.78. The number of hydrogen-bond donors (Lipinski definition) is 0. The van der Waals surface area contributed by atoms with E-state index in [-0.39, 0.29) is 24.5 Å². The summed E-state index contributed by atoms with van der Waals surface area (Å²) in [5.41, 5.74) is 2.30. The van der Waals surface area contributed by atoms with E-state index in [1.807, 2.05) is 12.1 Å². The molecule has 1 saturated heterocycles. The van der Waals surface area contributed by atoms with Crippen molar-refractivity contribution in [2.45, 2.75) is 51.0 Å². The third-order valence-corrected chi connectivity index (χ3v) is 8.33. The van der Waals surface area contributed by atoms with E-state index >= 15 is 0 Å².